The first-order chi connectivity index (χ1) is 10.3. The number of carbonyl (C=O) groups is 1. The fourth-order valence-corrected chi connectivity index (χ4v) is 2.60. The molecule has 0 amide bonds. The minimum absolute atomic E-state index is 0.203. The van der Waals surface area contributed by atoms with Crippen LogP contribution < -0.4 is 4.74 Å². The lowest BCUT2D eigenvalue weighted by molar-refractivity contribution is 0.0960. The molecular formula is C18H19NO2. The Bertz CT molecular complexity index is 610. The average Bonchev–Trinajstić information content (AvgIpc) is 2.75. The van der Waals surface area contributed by atoms with Gasteiger partial charge in [-0.15, -0.1) is 0 Å². The number of rotatable bonds is 4. The summed E-state index contributed by atoms with van der Waals surface area (Å²) < 4.78 is 5.74. The van der Waals surface area contributed by atoms with E-state index in [0.29, 0.717) is 13.0 Å². The molecule has 0 radical (unpaired) electrons. The van der Waals surface area contributed by atoms with Crippen molar-refractivity contribution in [3.63, 3.8) is 0 Å². The van der Waals surface area contributed by atoms with Crippen LogP contribution >= 0.6 is 0 Å². The Morgan fingerprint density at radius 2 is 1.81 bits per heavy atom. The van der Waals surface area contributed by atoms with Gasteiger partial charge in [-0.1, -0.05) is 48.5 Å². The molecule has 2 aromatic carbocycles. The van der Waals surface area contributed by atoms with Gasteiger partial charge in [-0.05, 0) is 6.07 Å². The van der Waals surface area contributed by atoms with Gasteiger partial charge in [0.15, 0.2) is 5.78 Å². The molecule has 0 saturated heterocycles. The Kier molecular flexibility index (Phi) is 4.31. The highest BCUT2D eigenvalue weighted by molar-refractivity contribution is 5.96. The molecule has 0 bridgehead atoms. The molecule has 0 saturated carbocycles. The maximum atomic E-state index is 12.2. The number of para-hydroxylation sites is 1. The van der Waals surface area contributed by atoms with E-state index < -0.39 is 0 Å². The maximum Gasteiger partial charge on any atom is 0.164 e. The van der Waals surface area contributed by atoms with Gasteiger partial charge in [0.25, 0.3) is 0 Å². The summed E-state index contributed by atoms with van der Waals surface area (Å²) in [6.07, 6.45) is 0.548. The van der Waals surface area contributed by atoms with Crippen molar-refractivity contribution < 1.29 is 9.53 Å². The SMILES string of the molecule is O=C(CCN1CCOc2ccccc2C1)c1ccccc1. The van der Waals surface area contributed by atoms with Crippen molar-refractivity contribution in [3.8, 4) is 5.75 Å². The Morgan fingerprint density at radius 3 is 2.67 bits per heavy atom. The van der Waals surface area contributed by atoms with Crippen LogP contribution in [0, 0.1) is 0 Å². The van der Waals surface area contributed by atoms with E-state index in [1.807, 2.05) is 48.5 Å². The maximum absolute atomic E-state index is 12.2. The van der Waals surface area contributed by atoms with E-state index in [-0.39, 0.29) is 5.78 Å². The normalized spacial score (nSPS) is 14.9. The van der Waals surface area contributed by atoms with Crippen LogP contribution in [-0.4, -0.2) is 30.4 Å². The second kappa shape index (κ2) is 6.55. The first kappa shape index (κ1) is 13.8. The third kappa shape index (κ3) is 3.50. The fraction of sp³-hybridized carbons (Fsp3) is 0.278. The second-order valence-electron chi connectivity index (χ2n) is 5.27. The zero-order valence-corrected chi connectivity index (χ0v) is 12.0. The average molecular weight is 281 g/mol. The number of benzene rings is 2. The summed E-state index contributed by atoms with van der Waals surface area (Å²) in [6, 6.07) is 17.6. The van der Waals surface area contributed by atoms with E-state index in [1.165, 1.54) is 5.56 Å². The Hall–Kier alpha value is -2.13. The van der Waals surface area contributed by atoms with Crippen LogP contribution in [0.5, 0.6) is 5.75 Å². The van der Waals surface area contributed by atoms with Crippen LogP contribution in [-0.2, 0) is 6.54 Å². The smallest absolute Gasteiger partial charge is 0.164 e. The summed E-state index contributed by atoms with van der Waals surface area (Å²) in [5.74, 6) is 1.17. The van der Waals surface area contributed by atoms with Crippen LogP contribution in [0.2, 0.25) is 0 Å². The van der Waals surface area contributed by atoms with Gasteiger partial charge in [0.1, 0.15) is 12.4 Å². The van der Waals surface area contributed by atoms with Crippen LogP contribution in [0.25, 0.3) is 0 Å². The first-order valence-corrected chi connectivity index (χ1v) is 7.34. The van der Waals surface area contributed by atoms with Gasteiger partial charge in [0, 0.05) is 37.2 Å². The molecule has 3 rings (SSSR count). The van der Waals surface area contributed by atoms with Gasteiger partial charge in [0.2, 0.25) is 0 Å². The highest BCUT2D eigenvalue weighted by Crippen LogP contribution is 2.22. The lowest BCUT2D eigenvalue weighted by Crippen LogP contribution is -2.28. The largest absolute Gasteiger partial charge is 0.492 e. The minimum atomic E-state index is 0.203. The van der Waals surface area contributed by atoms with E-state index in [4.69, 9.17) is 4.74 Å². The number of fused-ring (bicyclic) bond motifs is 1. The molecule has 3 heteroatoms. The predicted molar refractivity (Wildman–Crippen MR) is 82.6 cm³/mol. The summed E-state index contributed by atoms with van der Waals surface area (Å²) >= 11 is 0. The van der Waals surface area contributed by atoms with E-state index >= 15 is 0 Å². The van der Waals surface area contributed by atoms with Gasteiger partial charge >= 0.3 is 0 Å². The molecule has 0 aliphatic carbocycles. The molecule has 0 N–H and O–H groups in total. The van der Waals surface area contributed by atoms with Crippen molar-refractivity contribution in [2.75, 3.05) is 19.7 Å². The number of carbonyl (C=O) groups excluding carboxylic acids is 1. The highest BCUT2D eigenvalue weighted by atomic mass is 16.5. The summed E-state index contributed by atoms with van der Waals surface area (Å²) in [6.45, 7) is 3.15. The molecule has 1 aliphatic heterocycles. The lowest BCUT2D eigenvalue weighted by atomic mass is 10.1. The second-order valence-corrected chi connectivity index (χ2v) is 5.27. The van der Waals surface area contributed by atoms with Crippen molar-refractivity contribution in [1.82, 2.24) is 4.90 Å². The Morgan fingerprint density at radius 1 is 1.05 bits per heavy atom. The third-order valence-electron chi connectivity index (χ3n) is 3.78. The van der Waals surface area contributed by atoms with Crippen LogP contribution in [0.1, 0.15) is 22.3 Å². The van der Waals surface area contributed by atoms with Crippen molar-refractivity contribution in [2.24, 2.45) is 0 Å². The van der Waals surface area contributed by atoms with Gasteiger partial charge < -0.3 is 4.74 Å². The molecule has 108 valence electrons. The number of hydrogen-bond donors (Lipinski definition) is 0. The third-order valence-corrected chi connectivity index (χ3v) is 3.78. The monoisotopic (exact) mass is 281 g/mol. The quantitative estimate of drug-likeness (QED) is 0.806. The molecule has 1 heterocycles. The molecule has 0 unspecified atom stereocenters. The summed E-state index contributed by atoms with van der Waals surface area (Å²) in [5.41, 5.74) is 1.99. The number of ether oxygens (including phenoxy) is 1. The summed E-state index contributed by atoms with van der Waals surface area (Å²) in [4.78, 5) is 14.4. The Balaban J connectivity index is 1.60. The minimum Gasteiger partial charge on any atom is -0.492 e. The van der Waals surface area contributed by atoms with Crippen molar-refractivity contribution in [3.05, 3.63) is 65.7 Å². The predicted octanol–water partition coefficient (Wildman–Crippen LogP) is 3.15. The van der Waals surface area contributed by atoms with E-state index in [0.717, 1.165) is 30.9 Å². The van der Waals surface area contributed by atoms with Gasteiger partial charge in [-0.2, -0.15) is 0 Å². The number of ketones is 1. The van der Waals surface area contributed by atoms with E-state index in [9.17, 15) is 4.79 Å². The zero-order chi connectivity index (χ0) is 14.5. The summed E-state index contributed by atoms with van der Waals surface area (Å²) in [5, 5.41) is 0. The first-order valence-electron chi connectivity index (χ1n) is 7.34. The number of hydrogen-bond acceptors (Lipinski definition) is 3. The van der Waals surface area contributed by atoms with Crippen molar-refractivity contribution >= 4 is 5.78 Å². The van der Waals surface area contributed by atoms with Crippen LogP contribution in [0.3, 0.4) is 0 Å². The topological polar surface area (TPSA) is 29.5 Å². The molecule has 21 heavy (non-hydrogen) atoms. The molecule has 1 aliphatic rings. The standard InChI is InChI=1S/C18H19NO2/c20-17(15-6-2-1-3-7-15)10-11-19-12-13-21-18-9-5-4-8-16(18)14-19/h1-9H,10-14H2. The lowest BCUT2D eigenvalue weighted by Gasteiger charge is -2.18. The van der Waals surface area contributed by atoms with Crippen molar-refractivity contribution in [2.45, 2.75) is 13.0 Å². The molecule has 0 fully saturated rings. The molecule has 0 atom stereocenters. The number of nitrogens with zero attached hydrogens (tertiary/aromatic N) is 1. The van der Waals surface area contributed by atoms with Gasteiger partial charge in [-0.25, -0.2) is 0 Å². The van der Waals surface area contributed by atoms with Crippen LogP contribution in [0.15, 0.2) is 54.6 Å². The Labute approximate surface area is 125 Å². The van der Waals surface area contributed by atoms with Gasteiger partial charge in [-0.3, -0.25) is 9.69 Å². The zero-order valence-electron chi connectivity index (χ0n) is 12.0. The van der Waals surface area contributed by atoms with E-state index in [1.54, 1.807) is 0 Å². The highest BCUT2D eigenvalue weighted by Gasteiger charge is 2.16. The molecular weight excluding hydrogens is 262 g/mol. The van der Waals surface area contributed by atoms with Crippen molar-refractivity contribution in [1.29, 1.82) is 0 Å². The molecule has 0 aromatic heterocycles. The summed E-state index contributed by atoms with van der Waals surface area (Å²) in [7, 11) is 0. The van der Waals surface area contributed by atoms with Crippen LogP contribution in [0.4, 0.5) is 0 Å². The van der Waals surface area contributed by atoms with Gasteiger partial charge in [0.05, 0.1) is 0 Å². The molecule has 3 nitrogen and oxygen atoms in total. The number of Topliss-reactive ketones (excluding diaryl/α,β-unsaturated/α-hetero) is 1. The van der Waals surface area contributed by atoms with E-state index in [2.05, 4.69) is 11.0 Å². The fourth-order valence-electron chi connectivity index (χ4n) is 2.60. The molecule has 2 aromatic rings. The molecule has 0 spiro atoms.